The molecule has 0 spiro atoms. The van der Waals surface area contributed by atoms with Gasteiger partial charge in [-0.1, -0.05) is 12.1 Å². The van der Waals surface area contributed by atoms with Crippen LogP contribution in [0.4, 0.5) is 10.3 Å². The van der Waals surface area contributed by atoms with Crippen molar-refractivity contribution in [2.24, 2.45) is 0 Å². The van der Waals surface area contributed by atoms with Crippen LogP contribution in [0.2, 0.25) is 0 Å². The molecule has 21 heavy (non-hydrogen) atoms. The maximum Gasteiger partial charge on any atom is 0.433 e. The summed E-state index contributed by atoms with van der Waals surface area (Å²) in [5, 5.41) is 22.6. The van der Waals surface area contributed by atoms with Gasteiger partial charge in [0, 0.05) is 6.54 Å². The molecule has 1 aromatic heterocycles. The minimum absolute atomic E-state index is 0.140. The third kappa shape index (κ3) is 3.63. The van der Waals surface area contributed by atoms with Crippen LogP contribution in [0.25, 0.3) is 0 Å². The van der Waals surface area contributed by atoms with Crippen LogP contribution in [0, 0.1) is 15.9 Å². The van der Waals surface area contributed by atoms with Crippen molar-refractivity contribution in [2.75, 3.05) is 6.54 Å². The Morgan fingerprint density at radius 2 is 2.00 bits per heavy atom. The normalized spacial score (nSPS) is 11.9. The van der Waals surface area contributed by atoms with Crippen LogP contribution in [-0.2, 0) is 0 Å². The maximum atomic E-state index is 12.7. The summed E-state index contributed by atoms with van der Waals surface area (Å²) in [5.74, 6) is -1.89. The van der Waals surface area contributed by atoms with Crippen molar-refractivity contribution in [3.8, 4) is 0 Å². The van der Waals surface area contributed by atoms with Gasteiger partial charge in [-0.15, -0.1) is 0 Å². The molecule has 7 nitrogen and oxygen atoms in total. The third-order valence-corrected chi connectivity index (χ3v) is 2.71. The van der Waals surface area contributed by atoms with Gasteiger partial charge < -0.3 is 14.8 Å². The molecule has 1 unspecified atom stereocenters. The maximum absolute atomic E-state index is 12.7. The van der Waals surface area contributed by atoms with Gasteiger partial charge in [-0.2, -0.15) is 0 Å². The standard InChI is InChI=1S/C13H11FN2O5/c14-9-3-1-8(2-4-9)10(17)7-15-13(18)11-5-6-12(21-11)16(19)20/h1-6,10,17H,7H2,(H,15,18). The SMILES string of the molecule is O=C(NCC(O)c1ccc(F)cc1)c1ccc([N+](=O)[O-])o1. The number of aliphatic hydroxyl groups excluding tert-OH is 1. The first-order chi connectivity index (χ1) is 9.97. The zero-order valence-electron chi connectivity index (χ0n) is 10.7. The topological polar surface area (TPSA) is 106 Å². The molecule has 0 fully saturated rings. The second kappa shape index (κ2) is 6.14. The van der Waals surface area contributed by atoms with Crippen molar-refractivity contribution in [3.63, 3.8) is 0 Å². The lowest BCUT2D eigenvalue weighted by atomic mass is 10.1. The van der Waals surface area contributed by atoms with Gasteiger partial charge in [0.25, 0.3) is 5.91 Å². The molecular formula is C13H11FN2O5. The van der Waals surface area contributed by atoms with Gasteiger partial charge in [-0.05, 0) is 23.8 Å². The quantitative estimate of drug-likeness (QED) is 0.646. The number of halogens is 1. The average Bonchev–Trinajstić information content (AvgIpc) is 2.95. The first-order valence-corrected chi connectivity index (χ1v) is 5.93. The number of carbonyl (C=O) groups is 1. The molecule has 0 aliphatic heterocycles. The van der Waals surface area contributed by atoms with Crippen LogP contribution in [0.1, 0.15) is 22.2 Å². The van der Waals surface area contributed by atoms with E-state index in [0.29, 0.717) is 5.56 Å². The number of rotatable bonds is 5. The van der Waals surface area contributed by atoms with Crippen molar-refractivity contribution >= 4 is 11.8 Å². The summed E-state index contributed by atoms with van der Waals surface area (Å²) in [4.78, 5) is 21.3. The lowest BCUT2D eigenvalue weighted by molar-refractivity contribution is -0.402. The first-order valence-electron chi connectivity index (χ1n) is 5.93. The summed E-state index contributed by atoms with van der Waals surface area (Å²) in [7, 11) is 0. The van der Waals surface area contributed by atoms with E-state index in [4.69, 9.17) is 4.42 Å². The zero-order chi connectivity index (χ0) is 15.4. The van der Waals surface area contributed by atoms with Crippen LogP contribution in [0.5, 0.6) is 0 Å². The summed E-state index contributed by atoms with van der Waals surface area (Å²) in [6.07, 6.45) is -1.03. The fraction of sp³-hybridized carbons (Fsp3) is 0.154. The molecule has 1 heterocycles. The van der Waals surface area contributed by atoms with Crippen LogP contribution in [0.3, 0.4) is 0 Å². The summed E-state index contributed by atoms with van der Waals surface area (Å²) >= 11 is 0. The highest BCUT2D eigenvalue weighted by molar-refractivity contribution is 5.91. The van der Waals surface area contributed by atoms with Crippen molar-refractivity contribution < 1.29 is 23.6 Å². The molecule has 2 aromatic rings. The molecule has 0 aliphatic rings. The number of nitro groups is 1. The van der Waals surface area contributed by atoms with Crippen LogP contribution in [0.15, 0.2) is 40.8 Å². The molecule has 1 atom stereocenters. The van der Waals surface area contributed by atoms with E-state index in [2.05, 4.69) is 5.32 Å². The van der Waals surface area contributed by atoms with Gasteiger partial charge in [0.15, 0.2) is 5.76 Å². The summed E-state index contributed by atoms with van der Waals surface area (Å²) in [6, 6.07) is 7.39. The lowest BCUT2D eigenvalue weighted by Gasteiger charge is -2.11. The molecule has 2 rings (SSSR count). The second-order valence-corrected chi connectivity index (χ2v) is 4.17. The third-order valence-electron chi connectivity index (χ3n) is 2.71. The summed E-state index contributed by atoms with van der Waals surface area (Å²) in [6.45, 7) is -0.140. The first kappa shape index (κ1) is 14.7. The molecule has 0 radical (unpaired) electrons. The number of carbonyl (C=O) groups excluding carboxylic acids is 1. The Morgan fingerprint density at radius 1 is 1.33 bits per heavy atom. The minimum atomic E-state index is -1.03. The number of nitrogens with one attached hydrogen (secondary N) is 1. The van der Waals surface area contributed by atoms with Crippen molar-refractivity contribution in [3.05, 3.63) is 63.7 Å². The van der Waals surface area contributed by atoms with E-state index in [1.165, 1.54) is 24.3 Å². The Morgan fingerprint density at radius 3 is 2.57 bits per heavy atom. The van der Waals surface area contributed by atoms with Gasteiger partial charge >= 0.3 is 5.88 Å². The molecule has 1 amide bonds. The van der Waals surface area contributed by atoms with Crippen LogP contribution < -0.4 is 5.32 Å². The van der Waals surface area contributed by atoms with Crippen molar-refractivity contribution in [1.82, 2.24) is 5.32 Å². The minimum Gasteiger partial charge on any atom is -0.395 e. The highest BCUT2D eigenvalue weighted by Crippen LogP contribution is 2.16. The predicted octanol–water partition coefficient (Wildman–Crippen LogP) is 1.79. The Labute approximate surface area is 118 Å². The highest BCUT2D eigenvalue weighted by atomic mass is 19.1. The molecule has 2 N–H and O–H groups in total. The number of hydrogen-bond donors (Lipinski definition) is 2. The smallest absolute Gasteiger partial charge is 0.395 e. The number of amides is 1. The zero-order valence-corrected chi connectivity index (χ0v) is 10.7. The van der Waals surface area contributed by atoms with Crippen molar-refractivity contribution in [1.29, 1.82) is 0 Å². The van der Waals surface area contributed by atoms with Gasteiger partial charge in [0.2, 0.25) is 0 Å². The van der Waals surface area contributed by atoms with E-state index >= 15 is 0 Å². The molecular weight excluding hydrogens is 283 g/mol. The van der Waals surface area contributed by atoms with E-state index in [-0.39, 0.29) is 12.3 Å². The highest BCUT2D eigenvalue weighted by Gasteiger charge is 2.18. The van der Waals surface area contributed by atoms with E-state index in [9.17, 15) is 24.4 Å². The van der Waals surface area contributed by atoms with E-state index < -0.39 is 28.6 Å². The molecule has 110 valence electrons. The molecule has 8 heteroatoms. The molecule has 0 saturated carbocycles. The summed E-state index contributed by atoms with van der Waals surface area (Å²) < 4.78 is 17.5. The number of hydrogen-bond acceptors (Lipinski definition) is 5. The predicted molar refractivity (Wildman–Crippen MR) is 69.1 cm³/mol. The van der Waals surface area contributed by atoms with Crippen LogP contribution in [-0.4, -0.2) is 22.5 Å². The van der Waals surface area contributed by atoms with E-state index in [1.54, 1.807) is 0 Å². The lowest BCUT2D eigenvalue weighted by Crippen LogP contribution is -2.28. The largest absolute Gasteiger partial charge is 0.433 e. The number of furan rings is 1. The Hall–Kier alpha value is -2.74. The second-order valence-electron chi connectivity index (χ2n) is 4.17. The fourth-order valence-electron chi connectivity index (χ4n) is 1.63. The fourth-order valence-corrected chi connectivity index (χ4v) is 1.63. The number of aliphatic hydroxyl groups is 1. The molecule has 0 aliphatic carbocycles. The Balaban J connectivity index is 1.93. The average molecular weight is 294 g/mol. The van der Waals surface area contributed by atoms with Gasteiger partial charge in [0.05, 0.1) is 12.2 Å². The van der Waals surface area contributed by atoms with E-state index in [0.717, 1.165) is 12.1 Å². The van der Waals surface area contributed by atoms with Gasteiger partial charge in [0.1, 0.15) is 10.7 Å². The molecule has 0 saturated heterocycles. The summed E-state index contributed by atoms with van der Waals surface area (Å²) in [5.41, 5.74) is 0.433. The molecule has 1 aromatic carbocycles. The number of benzene rings is 1. The Bertz CT molecular complexity index is 653. The molecule has 0 bridgehead atoms. The number of nitrogens with zero attached hydrogens (tertiary/aromatic N) is 1. The van der Waals surface area contributed by atoms with Gasteiger partial charge in [-0.3, -0.25) is 14.9 Å². The van der Waals surface area contributed by atoms with Gasteiger partial charge in [-0.25, -0.2) is 4.39 Å². The van der Waals surface area contributed by atoms with Crippen molar-refractivity contribution in [2.45, 2.75) is 6.10 Å². The van der Waals surface area contributed by atoms with E-state index in [1.807, 2.05) is 0 Å². The monoisotopic (exact) mass is 294 g/mol. The van der Waals surface area contributed by atoms with Crippen LogP contribution >= 0.6 is 0 Å². The Kier molecular flexibility index (Phi) is 4.29.